The molecule has 0 unspecified atom stereocenters. The van der Waals surface area contributed by atoms with Crippen molar-refractivity contribution in [2.75, 3.05) is 39.6 Å². The fourth-order valence-corrected chi connectivity index (χ4v) is 2.11. The zero-order chi connectivity index (χ0) is 11.5. The number of hydrogen-bond donors (Lipinski definition) is 1. The summed E-state index contributed by atoms with van der Waals surface area (Å²) in [6.07, 6.45) is 2.16. The number of fused-ring (bicyclic) bond motifs is 1. The highest BCUT2D eigenvalue weighted by Crippen LogP contribution is 2.22. The van der Waals surface area contributed by atoms with Crippen LogP contribution in [0.3, 0.4) is 0 Å². The lowest BCUT2D eigenvalue weighted by Gasteiger charge is -2.36. The average molecular weight is 224 g/mol. The van der Waals surface area contributed by atoms with Gasteiger partial charge in [0.05, 0.1) is 19.0 Å². The first-order chi connectivity index (χ1) is 7.80. The lowest BCUT2D eigenvalue weighted by molar-refractivity contribution is 0.218. The predicted octanol–water partition coefficient (Wildman–Crippen LogP) is 0.107. The number of amidine groups is 1. The van der Waals surface area contributed by atoms with E-state index in [-0.39, 0.29) is 6.61 Å². The smallest absolute Gasteiger partial charge is 0.152 e. The van der Waals surface area contributed by atoms with Gasteiger partial charge in [0.15, 0.2) is 5.84 Å². The van der Waals surface area contributed by atoms with Gasteiger partial charge < -0.3 is 19.8 Å². The van der Waals surface area contributed by atoms with Crippen molar-refractivity contribution in [1.82, 2.24) is 14.7 Å². The summed E-state index contributed by atoms with van der Waals surface area (Å²) in [5, 5.41) is 9.02. The molecule has 0 aliphatic carbocycles. The summed E-state index contributed by atoms with van der Waals surface area (Å²) in [6, 6.07) is 0. The summed E-state index contributed by atoms with van der Waals surface area (Å²) in [5.41, 5.74) is 1.16. The normalized spacial score (nSPS) is 19.8. The van der Waals surface area contributed by atoms with Crippen LogP contribution in [0, 0.1) is 0 Å². The number of rotatable bonds is 4. The van der Waals surface area contributed by atoms with Crippen molar-refractivity contribution in [2.24, 2.45) is 4.99 Å². The number of likely N-dealkylation sites (N-methyl/N-ethyl adjacent to an activating group) is 1. The van der Waals surface area contributed by atoms with Crippen LogP contribution in [-0.4, -0.2) is 65.2 Å². The Morgan fingerprint density at radius 3 is 2.75 bits per heavy atom. The molecular weight excluding hydrogens is 204 g/mol. The minimum Gasteiger partial charge on any atom is -0.395 e. The summed E-state index contributed by atoms with van der Waals surface area (Å²) >= 11 is 0. The van der Waals surface area contributed by atoms with Gasteiger partial charge in [-0.1, -0.05) is 0 Å². The Hall–Kier alpha value is -1.23. The molecule has 0 bridgehead atoms. The van der Waals surface area contributed by atoms with Gasteiger partial charge in [-0.05, 0) is 13.8 Å². The largest absolute Gasteiger partial charge is 0.395 e. The van der Waals surface area contributed by atoms with Crippen molar-refractivity contribution in [3.05, 3.63) is 11.9 Å². The van der Waals surface area contributed by atoms with Gasteiger partial charge in [-0.15, -0.1) is 0 Å². The van der Waals surface area contributed by atoms with Crippen LogP contribution in [0.5, 0.6) is 0 Å². The number of β-amino-alcohol motifs (C(OH)–C–C–N with tert-alkyl or cyclic N) is 1. The molecule has 5 heteroatoms. The van der Waals surface area contributed by atoms with E-state index in [4.69, 9.17) is 5.11 Å². The molecule has 0 radical (unpaired) electrons. The van der Waals surface area contributed by atoms with Crippen molar-refractivity contribution in [3.8, 4) is 0 Å². The summed E-state index contributed by atoms with van der Waals surface area (Å²) in [5.74, 6) is 1.08. The lowest BCUT2D eigenvalue weighted by atomic mass is 10.3. The Morgan fingerprint density at radius 1 is 1.31 bits per heavy atom. The minimum atomic E-state index is 0.179. The van der Waals surface area contributed by atoms with E-state index in [1.54, 1.807) is 0 Å². The molecule has 0 saturated heterocycles. The van der Waals surface area contributed by atoms with Gasteiger partial charge >= 0.3 is 0 Å². The molecule has 16 heavy (non-hydrogen) atoms. The Morgan fingerprint density at radius 2 is 2.12 bits per heavy atom. The minimum absolute atomic E-state index is 0.179. The fraction of sp³-hybridized carbons (Fsp3) is 0.727. The molecule has 0 saturated carbocycles. The van der Waals surface area contributed by atoms with Crippen LogP contribution >= 0.6 is 0 Å². The van der Waals surface area contributed by atoms with Gasteiger partial charge in [0.25, 0.3) is 0 Å². The van der Waals surface area contributed by atoms with Crippen molar-refractivity contribution in [1.29, 1.82) is 0 Å². The standard InChI is InChI=1S/C11H20N4O/c1-3-13-7-10-11(14(4-2)9-13)12-8-15(10)5-6-16/h7,16H,3-6,8-9H2,1-2H3. The number of aliphatic hydroxyl groups is 1. The van der Waals surface area contributed by atoms with Crippen molar-refractivity contribution in [2.45, 2.75) is 13.8 Å². The molecule has 2 heterocycles. The lowest BCUT2D eigenvalue weighted by Crippen LogP contribution is -2.45. The number of aliphatic imine (C=N–C) groups is 1. The molecule has 0 fully saturated rings. The molecule has 2 aliphatic rings. The second kappa shape index (κ2) is 4.74. The predicted molar refractivity (Wildman–Crippen MR) is 63.8 cm³/mol. The van der Waals surface area contributed by atoms with Crippen LogP contribution in [0.25, 0.3) is 0 Å². The summed E-state index contributed by atoms with van der Waals surface area (Å²) in [6.45, 7) is 8.71. The fourth-order valence-electron chi connectivity index (χ4n) is 2.11. The van der Waals surface area contributed by atoms with E-state index in [1.165, 1.54) is 0 Å². The first-order valence-corrected chi connectivity index (χ1v) is 5.91. The highest BCUT2D eigenvalue weighted by molar-refractivity contribution is 5.99. The van der Waals surface area contributed by atoms with Gasteiger partial charge in [0, 0.05) is 25.8 Å². The van der Waals surface area contributed by atoms with E-state index in [0.717, 1.165) is 31.3 Å². The van der Waals surface area contributed by atoms with Gasteiger partial charge in [0.1, 0.15) is 6.67 Å². The zero-order valence-electron chi connectivity index (χ0n) is 10.1. The summed E-state index contributed by atoms with van der Waals surface area (Å²) in [7, 11) is 0. The number of hydrogen-bond acceptors (Lipinski definition) is 5. The van der Waals surface area contributed by atoms with Crippen LogP contribution in [0.1, 0.15) is 13.8 Å². The molecule has 0 aromatic rings. The third kappa shape index (κ3) is 1.87. The first-order valence-electron chi connectivity index (χ1n) is 5.91. The third-order valence-corrected chi connectivity index (χ3v) is 3.08. The zero-order valence-corrected chi connectivity index (χ0v) is 10.1. The van der Waals surface area contributed by atoms with Gasteiger partial charge in [-0.2, -0.15) is 0 Å². The molecule has 2 rings (SSSR count). The van der Waals surface area contributed by atoms with Crippen LogP contribution < -0.4 is 0 Å². The molecule has 0 spiro atoms. The first kappa shape index (κ1) is 11.3. The van der Waals surface area contributed by atoms with E-state index < -0.39 is 0 Å². The Bertz CT molecular complexity index is 313. The van der Waals surface area contributed by atoms with E-state index in [1.807, 2.05) is 0 Å². The monoisotopic (exact) mass is 224 g/mol. The Labute approximate surface area is 96.7 Å². The maximum Gasteiger partial charge on any atom is 0.152 e. The summed E-state index contributed by atoms with van der Waals surface area (Å²) < 4.78 is 0. The molecule has 1 N–H and O–H groups in total. The molecule has 0 atom stereocenters. The second-order valence-electron chi connectivity index (χ2n) is 4.03. The third-order valence-electron chi connectivity index (χ3n) is 3.08. The van der Waals surface area contributed by atoms with E-state index in [9.17, 15) is 0 Å². The maximum atomic E-state index is 9.02. The van der Waals surface area contributed by atoms with E-state index >= 15 is 0 Å². The van der Waals surface area contributed by atoms with E-state index in [0.29, 0.717) is 13.2 Å². The molecule has 2 aliphatic heterocycles. The Kier molecular flexibility index (Phi) is 3.33. The van der Waals surface area contributed by atoms with Gasteiger partial charge in [-0.25, -0.2) is 4.99 Å². The quantitative estimate of drug-likeness (QED) is 0.736. The molecule has 5 nitrogen and oxygen atoms in total. The second-order valence-corrected chi connectivity index (χ2v) is 4.03. The maximum absolute atomic E-state index is 9.02. The number of nitrogens with zero attached hydrogens (tertiary/aromatic N) is 4. The highest BCUT2D eigenvalue weighted by atomic mass is 16.3. The van der Waals surface area contributed by atoms with Gasteiger partial charge in [0.2, 0.25) is 0 Å². The number of aliphatic hydroxyl groups excluding tert-OH is 1. The highest BCUT2D eigenvalue weighted by Gasteiger charge is 2.29. The Balaban J connectivity index is 2.20. The summed E-state index contributed by atoms with van der Waals surface area (Å²) in [4.78, 5) is 11.2. The van der Waals surface area contributed by atoms with Crippen molar-refractivity contribution >= 4 is 5.84 Å². The van der Waals surface area contributed by atoms with Crippen LogP contribution in [0.2, 0.25) is 0 Å². The molecule has 0 amide bonds. The molecule has 0 aromatic carbocycles. The van der Waals surface area contributed by atoms with Gasteiger partial charge in [-0.3, -0.25) is 0 Å². The van der Waals surface area contributed by atoms with Crippen molar-refractivity contribution < 1.29 is 5.11 Å². The van der Waals surface area contributed by atoms with Crippen LogP contribution in [0.4, 0.5) is 0 Å². The van der Waals surface area contributed by atoms with E-state index in [2.05, 4.69) is 39.7 Å². The molecule has 0 aromatic heterocycles. The van der Waals surface area contributed by atoms with Crippen LogP contribution in [-0.2, 0) is 0 Å². The SMILES string of the molecule is CCN1C=C2C(=NCN2CCO)N(CC)C1. The topological polar surface area (TPSA) is 42.3 Å². The average Bonchev–Trinajstić information content (AvgIpc) is 2.72. The van der Waals surface area contributed by atoms with Crippen molar-refractivity contribution in [3.63, 3.8) is 0 Å². The van der Waals surface area contributed by atoms with Crippen LogP contribution in [0.15, 0.2) is 16.9 Å². The molecular formula is C11H20N4O. The molecule has 90 valence electrons.